The normalized spacial score (nSPS) is 30.1. The largest absolute Gasteiger partial charge is 0.487 e. The van der Waals surface area contributed by atoms with Crippen LogP contribution in [0.5, 0.6) is 5.75 Å². The summed E-state index contributed by atoms with van der Waals surface area (Å²) in [5.74, 6) is 2.19. The molecule has 17 heavy (non-hydrogen) atoms. The summed E-state index contributed by atoms with van der Waals surface area (Å²) in [5.41, 5.74) is 1.07. The third-order valence-corrected chi connectivity index (χ3v) is 4.25. The molecule has 1 aliphatic heterocycles. The van der Waals surface area contributed by atoms with Gasteiger partial charge in [-0.05, 0) is 31.9 Å². The summed E-state index contributed by atoms with van der Waals surface area (Å²) >= 11 is 0. The minimum atomic E-state index is -0.153. The molecule has 1 aromatic carbocycles. The molecule has 0 bridgehead atoms. The number of ketones is 1. The molecule has 90 valence electrons. The van der Waals surface area contributed by atoms with Crippen LogP contribution in [-0.2, 0) is 4.79 Å². The average molecular weight is 230 g/mol. The molecule has 0 N–H and O–H groups in total. The number of ether oxygens (including phenoxy) is 1. The van der Waals surface area contributed by atoms with Crippen molar-refractivity contribution in [3.05, 3.63) is 29.8 Å². The molecule has 3 rings (SSSR count). The zero-order valence-electron chi connectivity index (χ0n) is 10.4. The van der Waals surface area contributed by atoms with Crippen LogP contribution in [0.2, 0.25) is 0 Å². The van der Waals surface area contributed by atoms with Gasteiger partial charge in [0.2, 0.25) is 0 Å². The first-order valence-corrected chi connectivity index (χ1v) is 6.37. The summed E-state index contributed by atoms with van der Waals surface area (Å²) in [6.45, 7) is 4.30. The second-order valence-electron chi connectivity index (χ2n) is 5.74. The summed E-state index contributed by atoms with van der Waals surface area (Å²) in [7, 11) is 0. The fraction of sp³-hybridized carbons (Fsp3) is 0.533. The fourth-order valence-electron chi connectivity index (χ4n) is 3.40. The van der Waals surface area contributed by atoms with Gasteiger partial charge in [0.1, 0.15) is 17.1 Å². The third kappa shape index (κ3) is 1.67. The Balaban J connectivity index is 2.08. The van der Waals surface area contributed by atoms with Crippen LogP contribution < -0.4 is 4.74 Å². The van der Waals surface area contributed by atoms with Gasteiger partial charge in [0, 0.05) is 24.7 Å². The molecule has 1 fully saturated rings. The zero-order chi connectivity index (χ0) is 12.0. The maximum absolute atomic E-state index is 11.7. The van der Waals surface area contributed by atoms with Crippen molar-refractivity contribution in [3.63, 3.8) is 0 Å². The molecule has 0 radical (unpaired) electrons. The van der Waals surface area contributed by atoms with Gasteiger partial charge in [0.15, 0.2) is 0 Å². The number of Topliss-reactive ketones (excluding diaryl/α,β-unsaturated/α-hetero) is 1. The van der Waals surface area contributed by atoms with E-state index in [1.54, 1.807) is 0 Å². The van der Waals surface area contributed by atoms with Crippen molar-refractivity contribution in [2.24, 2.45) is 5.92 Å². The second-order valence-corrected chi connectivity index (χ2v) is 5.74. The van der Waals surface area contributed by atoms with Gasteiger partial charge in [-0.25, -0.2) is 0 Å². The first-order chi connectivity index (χ1) is 8.08. The van der Waals surface area contributed by atoms with Crippen molar-refractivity contribution in [2.45, 2.75) is 44.6 Å². The first-order valence-electron chi connectivity index (χ1n) is 6.37. The van der Waals surface area contributed by atoms with Crippen LogP contribution in [0, 0.1) is 5.92 Å². The molecule has 1 saturated carbocycles. The molecule has 2 atom stereocenters. The Labute approximate surface area is 102 Å². The molecule has 2 aliphatic rings. The second kappa shape index (κ2) is 3.59. The van der Waals surface area contributed by atoms with Crippen LogP contribution in [0.25, 0.3) is 0 Å². The van der Waals surface area contributed by atoms with E-state index >= 15 is 0 Å². The molecule has 0 aromatic heterocycles. The highest BCUT2D eigenvalue weighted by atomic mass is 16.5. The lowest BCUT2D eigenvalue weighted by Crippen LogP contribution is -2.46. The number of carbonyl (C=O) groups is 1. The Kier molecular flexibility index (Phi) is 2.29. The highest BCUT2D eigenvalue weighted by molar-refractivity contribution is 5.80. The molecule has 2 heteroatoms. The lowest BCUT2D eigenvalue weighted by Gasteiger charge is -2.46. The number of benzene rings is 1. The van der Waals surface area contributed by atoms with Gasteiger partial charge in [-0.3, -0.25) is 4.79 Å². The minimum absolute atomic E-state index is 0.153. The zero-order valence-corrected chi connectivity index (χ0v) is 10.4. The molecule has 2 nitrogen and oxygen atoms in total. The highest BCUT2D eigenvalue weighted by Crippen LogP contribution is 2.50. The van der Waals surface area contributed by atoms with Crippen molar-refractivity contribution in [2.75, 3.05) is 0 Å². The van der Waals surface area contributed by atoms with Gasteiger partial charge in [-0.1, -0.05) is 18.2 Å². The lowest BCUT2D eigenvalue weighted by atomic mass is 9.66. The Morgan fingerprint density at radius 2 is 2.06 bits per heavy atom. The lowest BCUT2D eigenvalue weighted by molar-refractivity contribution is -0.124. The van der Waals surface area contributed by atoms with Crippen molar-refractivity contribution in [1.82, 2.24) is 0 Å². The van der Waals surface area contributed by atoms with Gasteiger partial charge in [-0.15, -0.1) is 0 Å². The van der Waals surface area contributed by atoms with Gasteiger partial charge < -0.3 is 4.74 Å². The van der Waals surface area contributed by atoms with Crippen LogP contribution >= 0.6 is 0 Å². The standard InChI is InChI=1S/C15H18O2/c1-15(2)13-8-7-10(16)9-12(13)11-5-3-4-6-14(11)17-15/h3-6,12-13H,7-9H2,1-2H3. The van der Waals surface area contributed by atoms with E-state index in [9.17, 15) is 4.79 Å². The molecule has 1 aromatic rings. The van der Waals surface area contributed by atoms with E-state index in [1.807, 2.05) is 18.2 Å². The number of fused-ring (bicyclic) bond motifs is 3. The topological polar surface area (TPSA) is 26.3 Å². The van der Waals surface area contributed by atoms with E-state index in [2.05, 4.69) is 19.9 Å². The maximum atomic E-state index is 11.7. The molecular formula is C15H18O2. The van der Waals surface area contributed by atoms with E-state index in [0.717, 1.165) is 18.6 Å². The molecule has 1 heterocycles. The van der Waals surface area contributed by atoms with E-state index in [-0.39, 0.29) is 5.60 Å². The number of carbonyl (C=O) groups excluding carboxylic acids is 1. The number of rotatable bonds is 0. The Morgan fingerprint density at radius 3 is 2.88 bits per heavy atom. The predicted molar refractivity (Wildman–Crippen MR) is 66.2 cm³/mol. The number of hydrogen-bond donors (Lipinski definition) is 0. The van der Waals surface area contributed by atoms with Crippen molar-refractivity contribution in [3.8, 4) is 5.75 Å². The van der Waals surface area contributed by atoms with E-state index in [4.69, 9.17) is 4.74 Å². The summed E-state index contributed by atoms with van der Waals surface area (Å²) in [6.07, 6.45) is 2.37. The fourth-order valence-corrected chi connectivity index (χ4v) is 3.40. The summed E-state index contributed by atoms with van der Waals surface area (Å²) in [5, 5.41) is 0. The third-order valence-electron chi connectivity index (χ3n) is 4.25. The maximum Gasteiger partial charge on any atom is 0.133 e. The van der Waals surface area contributed by atoms with E-state index in [0.29, 0.717) is 24.0 Å². The molecule has 1 aliphatic carbocycles. The van der Waals surface area contributed by atoms with Crippen LogP contribution in [0.1, 0.15) is 44.6 Å². The number of para-hydroxylation sites is 1. The first kappa shape index (κ1) is 10.8. The monoisotopic (exact) mass is 230 g/mol. The Hall–Kier alpha value is -1.31. The van der Waals surface area contributed by atoms with Gasteiger partial charge in [0.25, 0.3) is 0 Å². The quantitative estimate of drug-likeness (QED) is 0.683. The van der Waals surface area contributed by atoms with E-state index < -0.39 is 0 Å². The van der Waals surface area contributed by atoms with Gasteiger partial charge in [0.05, 0.1) is 0 Å². The average Bonchev–Trinajstić information content (AvgIpc) is 2.28. The highest BCUT2D eigenvalue weighted by Gasteiger charge is 2.45. The summed E-state index contributed by atoms with van der Waals surface area (Å²) in [6, 6.07) is 8.17. The SMILES string of the molecule is CC1(C)Oc2ccccc2C2CC(=O)CCC21. The van der Waals surface area contributed by atoms with Crippen molar-refractivity contribution < 1.29 is 9.53 Å². The van der Waals surface area contributed by atoms with Crippen LogP contribution in [-0.4, -0.2) is 11.4 Å². The molecular weight excluding hydrogens is 212 g/mol. The molecule has 0 saturated heterocycles. The van der Waals surface area contributed by atoms with E-state index in [1.165, 1.54) is 5.56 Å². The van der Waals surface area contributed by atoms with Crippen molar-refractivity contribution >= 4 is 5.78 Å². The molecule has 2 unspecified atom stereocenters. The van der Waals surface area contributed by atoms with Crippen molar-refractivity contribution in [1.29, 1.82) is 0 Å². The predicted octanol–water partition coefficient (Wildman–Crippen LogP) is 3.31. The Bertz CT molecular complexity index is 462. The smallest absolute Gasteiger partial charge is 0.133 e. The van der Waals surface area contributed by atoms with Gasteiger partial charge >= 0.3 is 0 Å². The van der Waals surface area contributed by atoms with Crippen LogP contribution in [0.4, 0.5) is 0 Å². The number of hydrogen-bond acceptors (Lipinski definition) is 2. The molecule has 0 spiro atoms. The minimum Gasteiger partial charge on any atom is -0.487 e. The van der Waals surface area contributed by atoms with Crippen LogP contribution in [0.3, 0.4) is 0 Å². The molecule has 0 amide bonds. The van der Waals surface area contributed by atoms with Gasteiger partial charge in [-0.2, -0.15) is 0 Å². The summed E-state index contributed by atoms with van der Waals surface area (Å²) < 4.78 is 6.11. The Morgan fingerprint density at radius 1 is 1.29 bits per heavy atom. The summed E-state index contributed by atoms with van der Waals surface area (Å²) in [4.78, 5) is 11.7. The van der Waals surface area contributed by atoms with Crippen LogP contribution in [0.15, 0.2) is 24.3 Å².